The van der Waals surface area contributed by atoms with E-state index in [9.17, 15) is 23.8 Å². The summed E-state index contributed by atoms with van der Waals surface area (Å²) in [7, 11) is -2.04. The van der Waals surface area contributed by atoms with Crippen LogP contribution in [0.2, 0.25) is 0 Å². The number of fused-ring (bicyclic) bond motifs is 1. The zero-order valence-electron chi connectivity index (χ0n) is 33.4. The Balaban J connectivity index is 1.33. The maximum absolute atomic E-state index is 14.7. The third kappa shape index (κ3) is 9.04. The van der Waals surface area contributed by atoms with Crippen molar-refractivity contribution in [2.24, 2.45) is 17.3 Å². The lowest BCUT2D eigenvalue weighted by molar-refractivity contribution is -0.156. The van der Waals surface area contributed by atoms with Crippen LogP contribution in [0.1, 0.15) is 99.3 Å². The predicted molar refractivity (Wildman–Crippen MR) is 215 cm³/mol. The summed E-state index contributed by atoms with van der Waals surface area (Å²) in [4.78, 5) is 64.6. The molecule has 1 saturated heterocycles. The number of ketones is 1. The predicted octanol–water partition coefficient (Wildman–Crippen LogP) is 8.10. The van der Waals surface area contributed by atoms with Gasteiger partial charge >= 0.3 is 5.97 Å². The Bertz CT molecular complexity index is 1950. The first kappa shape index (κ1) is 41.1. The molecule has 6 rings (SSSR count). The second-order valence-corrected chi connectivity index (χ2v) is 20.7. The Kier molecular flexibility index (Phi) is 12.1. The number of carbonyl (C=O) groups is 3. The molecule has 1 unspecified atom stereocenters. The van der Waals surface area contributed by atoms with Gasteiger partial charge in [0.1, 0.15) is 29.4 Å². The minimum atomic E-state index is -3.64. The highest BCUT2D eigenvalue weighted by Gasteiger charge is 2.64. The highest BCUT2D eigenvalue weighted by Crippen LogP contribution is 2.71. The number of nitrogens with one attached hydrogen (secondary N) is 1. The summed E-state index contributed by atoms with van der Waals surface area (Å²) in [5.74, 6) is -0.645. The molecule has 1 amide bonds. The van der Waals surface area contributed by atoms with Crippen molar-refractivity contribution in [3.05, 3.63) is 29.6 Å². The van der Waals surface area contributed by atoms with E-state index in [4.69, 9.17) is 24.2 Å². The molecule has 1 aromatic carbocycles. The van der Waals surface area contributed by atoms with Gasteiger partial charge in [-0.25, -0.2) is 9.97 Å². The van der Waals surface area contributed by atoms with E-state index in [-0.39, 0.29) is 55.6 Å². The van der Waals surface area contributed by atoms with E-state index in [1.807, 2.05) is 71.2 Å². The first-order valence-electron chi connectivity index (χ1n) is 19.6. The number of pyridine rings is 1. The number of benzene rings is 1. The van der Waals surface area contributed by atoms with Crippen LogP contribution in [0.15, 0.2) is 29.6 Å². The molecule has 6 atom stereocenters. The Morgan fingerprint density at radius 2 is 1.84 bits per heavy atom. The third-order valence-corrected chi connectivity index (χ3v) is 14.8. The Hall–Kier alpha value is -3.54. The summed E-state index contributed by atoms with van der Waals surface area (Å²) in [6, 6.07) is 6.68. The summed E-state index contributed by atoms with van der Waals surface area (Å²) in [5, 5.41) is 5.77. The molecule has 3 aliphatic rings. The van der Waals surface area contributed by atoms with E-state index in [0.29, 0.717) is 41.2 Å². The number of hydrogen-bond donors (Lipinski definition) is 2. The highest BCUT2D eigenvalue weighted by molar-refractivity contribution is 7.59. The molecule has 3 fully saturated rings. The molecule has 14 heteroatoms. The van der Waals surface area contributed by atoms with Gasteiger partial charge in [-0.2, -0.15) is 0 Å². The fraction of sp³-hybridized carbons (Fsp3) is 0.634. The molecule has 2 saturated carbocycles. The number of rotatable bonds is 15. The van der Waals surface area contributed by atoms with Crippen LogP contribution in [0.5, 0.6) is 11.5 Å². The van der Waals surface area contributed by atoms with Gasteiger partial charge in [0.15, 0.2) is 10.9 Å². The van der Waals surface area contributed by atoms with Crippen molar-refractivity contribution in [3.63, 3.8) is 0 Å². The Morgan fingerprint density at radius 1 is 1.11 bits per heavy atom. The standard InChI is InChI=1S/C41H57N4O8PS/c1-9-25-20-41(25,54(8,49)50)21-35(46)34-17-28(22-45(34)38(48)30(40(4,5)6)18-37(47)53-26-12-10-11-13-26)52-36-19-32(33-23-55-39(44-33)42-24(2)3)43-31-16-27(51-7)14-15-29(31)36/h14-16,19,23-26,28,30,34H,9-13,17-18,20-22H2,1-8H3,(H,42,44)(H,49,50)/t25-,28-,30-,34+,41-/m1/s1. The largest absolute Gasteiger partial charge is 0.497 e. The number of likely N-dealkylation sites (tertiary alicyclic amines) is 1. The number of aromatic nitrogens is 2. The van der Waals surface area contributed by atoms with Gasteiger partial charge in [0.25, 0.3) is 0 Å². The number of carbonyl (C=O) groups excluding carboxylic acids is 3. The number of Topliss-reactive ketones (excluding diaryl/α,β-unsaturated/α-hetero) is 1. The van der Waals surface area contributed by atoms with Crippen LogP contribution >= 0.6 is 18.7 Å². The lowest BCUT2D eigenvalue weighted by Gasteiger charge is -2.35. The normalized spacial score (nSPS) is 24.5. The zero-order chi connectivity index (χ0) is 39.9. The molecule has 0 spiro atoms. The number of esters is 1. The number of thiazole rings is 1. The maximum Gasteiger partial charge on any atom is 0.306 e. The van der Waals surface area contributed by atoms with E-state index in [2.05, 4.69) is 5.32 Å². The van der Waals surface area contributed by atoms with Crippen molar-refractivity contribution >= 4 is 52.4 Å². The van der Waals surface area contributed by atoms with Gasteiger partial charge < -0.3 is 29.3 Å². The number of anilines is 1. The molecule has 3 aromatic rings. The van der Waals surface area contributed by atoms with Crippen LogP contribution in [0, 0.1) is 17.3 Å². The topological polar surface area (TPSA) is 157 Å². The number of ether oxygens (including phenoxy) is 3. The summed E-state index contributed by atoms with van der Waals surface area (Å²) < 4.78 is 31.3. The van der Waals surface area contributed by atoms with Crippen molar-refractivity contribution in [1.29, 1.82) is 0 Å². The van der Waals surface area contributed by atoms with E-state index >= 15 is 0 Å². The molecule has 0 radical (unpaired) electrons. The molecule has 12 nitrogen and oxygen atoms in total. The van der Waals surface area contributed by atoms with E-state index in [1.165, 1.54) is 18.0 Å². The van der Waals surface area contributed by atoms with E-state index in [0.717, 1.165) is 36.2 Å². The highest BCUT2D eigenvalue weighted by atomic mass is 32.1. The average molecular weight is 797 g/mol. The Labute approximate surface area is 328 Å². The van der Waals surface area contributed by atoms with Gasteiger partial charge in [-0.1, -0.05) is 34.1 Å². The molecular weight excluding hydrogens is 740 g/mol. The fourth-order valence-electron chi connectivity index (χ4n) is 8.40. The molecular formula is C41H57N4O8PS. The van der Waals surface area contributed by atoms with Gasteiger partial charge in [0, 0.05) is 48.4 Å². The van der Waals surface area contributed by atoms with Crippen molar-refractivity contribution in [1.82, 2.24) is 14.9 Å². The molecule has 300 valence electrons. The number of hydrogen-bond acceptors (Lipinski definition) is 11. The van der Waals surface area contributed by atoms with Crippen LogP contribution in [0.4, 0.5) is 5.13 Å². The lowest BCUT2D eigenvalue weighted by atomic mass is 9.77. The van der Waals surface area contributed by atoms with Crippen LogP contribution in [-0.4, -0.2) is 87.2 Å². The molecule has 1 aliphatic heterocycles. The van der Waals surface area contributed by atoms with E-state index in [1.54, 1.807) is 12.0 Å². The maximum atomic E-state index is 14.7. The second kappa shape index (κ2) is 16.1. The zero-order valence-corrected chi connectivity index (χ0v) is 35.1. The van der Waals surface area contributed by atoms with Gasteiger partial charge in [0.05, 0.1) is 48.4 Å². The molecule has 2 aromatic heterocycles. The molecule has 2 N–H and O–H groups in total. The van der Waals surface area contributed by atoms with Gasteiger partial charge in [-0.05, 0) is 69.4 Å². The first-order chi connectivity index (χ1) is 25.9. The van der Waals surface area contributed by atoms with Gasteiger partial charge in [-0.3, -0.25) is 18.9 Å². The summed E-state index contributed by atoms with van der Waals surface area (Å²) in [6.45, 7) is 13.3. The quantitative estimate of drug-likeness (QED) is 0.113. The Morgan fingerprint density at radius 3 is 2.45 bits per heavy atom. The smallest absolute Gasteiger partial charge is 0.306 e. The molecule has 2 aliphatic carbocycles. The molecule has 3 heterocycles. The monoisotopic (exact) mass is 796 g/mol. The first-order valence-corrected chi connectivity index (χ1v) is 22.6. The van der Waals surface area contributed by atoms with Gasteiger partial charge in [0.2, 0.25) is 13.3 Å². The van der Waals surface area contributed by atoms with Crippen LogP contribution in [-0.2, 0) is 23.7 Å². The summed E-state index contributed by atoms with van der Waals surface area (Å²) in [6.07, 6.45) is 4.12. The van der Waals surface area contributed by atoms with E-state index < -0.39 is 42.0 Å². The minimum Gasteiger partial charge on any atom is -0.497 e. The number of amides is 1. The lowest BCUT2D eigenvalue weighted by Crippen LogP contribution is -2.48. The fourth-order valence-corrected chi connectivity index (χ4v) is 11.1. The van der Waals surface area contributed by atoms with Crippen molar-refractivity contribution < 1.29 is 38.1 Å². The van der Waals surface area contributed by atoms with Crippen molar-refractivity contribution in [3.8, 4) is 22.9 Å². The number of methoxy groups -OCH3 is 1. The van der Waals surface area contributed by atoms with Crippen LogP contribution in [0.3, 0.4) is 0 Å². The van der Waals surface area contributed by atoms with Gasteiger partial charge in [-0.15, -0.1) is 11.3 Å². The summed E-state index contributed by atoms with van der Waals surface area (Å²) in [5.41, 5.74) is 1.27. The second-order valence-electron chi connectivity index (χ2n) is 17.2. The van der Waals surface area contributed by atoms with Crippen LogP contribution < -0.4 is 14.8 Å². The average Bonchev–Trinajstić information content (AvgIpc) is 3.50. The number of nitrogens with zero attached hydrogens (tertiary/aromatic N) is 3. The third-order valence-electron chi connectivity index (χ3n) is 11.7. The molecule has 55 heavy (non-hydrogen) atoms. The van der Waals surface area contributed by atoms with Crippen LogP contribution in [0.25, 0.3) is 22.3 Å². The molecule has 0 bridgehead atoms. The van der Waals surface area contributed by atoms with Crippen molar-refractivity contribution in [2.75, 3.05) is 25.6 Å². The minimum absolute atomic E-state index is 0.0388. The van der Waals surface area contributed by atoms with Crippen molar-refractivity contribution in [2.45, 2.75) is 129 Å². The SMILES string of the molecule is CC[C@@H]1C[C@]1(CC(=O)[C@@H]1C[C@@H](Oc2cc(-c3csc(NC(C)C)n3)nc3cc(OC)ccc23)CN1C(=O)[C@@H](CC(=O)OC1CCCC1)C(C)(C)C)P(C)(=O)O. The summed E-state index contributed by atoms with van der Waals surface area (Å²) >= 11 is 1.48.